The molecule has 30 heavy (non-hydrogen) atoms. The van der Waals surface area contributed by atoms with Crippen LogP contribution in [0.2, 0.25) is 0 Å². The van der Waals surface area contributed by atoms with Gasteiger partial charge in [-0.2, -0.15) is 4.39 Å². The second-order valence-electron chi connectivity index (χ2n) is 7.33. The van der Waals surface area contributed by atoms with Crippen LogP contribution in [0.25, 0.3) is 0 Å². The number of sulfone groups is 1. The first-order valence-corrected chi connectivity index (χ1v) is 11.9. The molecule has 160 valence electrons. The van der Waals surface area contributed by atoms with E-state index in [4.69, 9.17) is 4.84 Å². The molecule has 2 aliphatic rings. The van der Waals surface area contributed by atoms with E-state index in [1.54, 1.807) is 0 Å². The topological polar surface area (TPSA) is 118 Å². The Labute approximate surface area is 176 Å². The number of amides is 1. The summed E-state index contributed by atoms with van der Waals surface area (Å²) in [5.41, 5.74) is 0.250. The maximum atomic E-state index is 13.2. The molecule has 0 saturated heterocycles. The average Bonchev–Trinajstić information content (AvgIpc) is 3.39. The number of carbonyl (C=O) groups excluding carboxylic acids is 1. The molecule has 1 heterocycles. The monoisotopic (exact) mass is 453 g/mol. The summed E-state index contributed by atoms with van der Waals surface area (Å²) in [5, 5.41) is 15.3. The van der Waals surface area contributed by atoms with Crippen molar-refractivity contribution in [3.8, 4) is 0 Å². The Bertz CT molecular complexity index is 1060. The fraction of sp³-hybridized carbons (Fsp3) is 0.421. The van der Waals surface area contributed by atoms with Crippen molar-refractivity contribution in [2.45, 2.75) is 54.5 Å². The average molecular weight is 454 g/mol. The molecule has 2 aromatic rings. The number of aliphatic hydroxyl groups excluding tert-OH is 1. The molecule has 0 radical (unpaired) electrons. The van der Waals surface area contributed by atoms with Crippen LogP contribution in [-0.4, -0.2) is 47.6 Å². The minimum Gasteiger partial charge on any atom is -0.393 e. The number of anilines is 1. The Kier molecular flexibility index (Phi) is 5.85. The van der Waals surface area contributed by atoms with Crippen molar-refractivity contribution in [1.82, 2.24) is 4.98 Å². The van der Waals surface area contributed by atoms with Gasteiger partial charge in [-0.15, -0.1) is 0 Å². The third kappa shape index (κ3) is 4.68. The number of aliphatic hydroxyl groups is 1. The van der Waals surface area contributed by atoms with Crippen LogP contribution in [0.3, 0.4) is 0 Å². The maximum absolute atomic E-state index is 13.2. The van der Waals surface area contributed by atoms with Crippen LogP contribution in [0.4, 0.5) is 9.52 Å². The summed E-state index contributed by atoms with van der Waals surface area (Å²) in [4.78, 5) is 22.1. The SMILES string of the molecule is O=C(Nc1ncc(F)s1)C(=NO[C@@H]1CC[C@@H](O)C1)c1ccc(S(=O)(=O)C2CC2)cc1. The van der Waals surface area contributed by atoms with E-state index in [1.165, 1.54) is 24.3 Å². The summed E-state index contributed by atoms with van der Waals surface area (Å²) in [6, 6.07) is 5.86. The summed E-state index contributed by atoms with van der Waals surface area (Å²) in [6.07, 6.45) is 3.13. The van der Waals surface area contributed by atoms with Gasteiger partial charge in [-0.25, -0.2) is 13.4 Å². The van der Waals surface area contributed by atoms with Gasteiger partial charge in [0.25, 0.3) is 5.91 Å². The quantitative estimate of drug-likeness (QED) is 0.491. The molecule has 2 aliphatic carbocycles. The summed E-state index contributed by atoms with van der Waals surface area (Å²) >= 11 is 0.670. The van der Waals surface area contributed by atoms with E-state index in [0.29, 0.717) is 49.0 Å². The van der Waals surface area contributed by atoms with Crippen LogP contribution in [0.5, 0.6) is 0 Å². The standard InChI is InChI=1S/C19H20FN3O5S2/c20-16-10-21-19(29-16)22-18(25)17(23-28-13-4-3-12(24)9-13)11-1-5-14(6-2-11)30(26,27)15-7-8-15/h1-2,5-6,10,12-13,15,24H,3-4,7-9H2,(H,21,22,25)/t12-,13-/m1/s1. The zero-order chi connectivity index (χ0) is 21.3. The Morgan fingerprint density at radius 2 is 1.97 bits per heavy atom. The van der Waals surface area contributed by atoms with E-state index in [9.17, 15) is 22.7 Å². The number of thiazole rings is 1. The number of oxime groups is 1. The zero-order valence-corrected chi connectivity index (χ0v) is 17.5. The van der Waals surface area contributed by atoms with Gasteiger partial charge in [0, 0.05) is 12.0 Å². The van der Waals surface area contributed by atoms with E-state index >= 15 is 0 Å². The first-order valence-electron chi connectivity index (χ1n) is 9.52. The fourth-order valence-electron chi connectivity index (χ4n) is 3.21. The molecule has 4 rings (SSSR count). The van der Waals surface area contributed by atoms with Gasteiger partial charge >= 0.3 is 0 Å². The molecule has 0 unspecified atom stereocenters. The Balaban J connectivity index is 1.58. The molecular formula is C19H20FN3O5S2. The minimum atomic E-state index is -3.36. The number of hydrogen-bond acceptors (Lipinski definition) is 8. The normalized spacial score (nSPS) is 22.1. The predicted molar refractivity (Wildman–Crippen MR) is 109 cm³/mol. The first kappa shape index (κ1) is 20.9. The van der Waals surface area contributed by atoms with E-state index < -0.39 is 27.0 Å². The highest BCUT2D eigenvalue weighted by molar-refractivity contribution is 7.92. The number of benzene rings is 1. The molecule has 2 saturated carbocycles. The predicted octanol–water partition coefficient (Wildman–Crippen LogP) is 2.49. The van der Waals surface area contributed by atoms with E-state index in [2.05, 4.69) is 15.5 Å². The van der Waals surface area contributed by atoms with Crippen molar-refractivity contribution in [1.29, 1.82) is 0 Å². The van der Waals surface area contributed by atoms with Crippen molar-refractivity contribution in [3.05, 3.63) is 41.2 Å². The van der Waals surface area contributed by atoms with Crippen molar-refractivity contribution >= 4 is 37.9 Å². The van der Waals surface area contributed by atoms with Crippen LogP contribution in [-0.2, 0) is 19.5 Å². The summed E-state index contributed by atoms with van der Waals surface area (Å²) in [5.74, 6) is -0.666. The van der Waals surface area contributed by atoms with Gasteiger partial charge < -0.3 is 9.94 Å². The number of aromatic nitrogens is 1. The molecule has 2 fully saturated rings. The lowest BCUT2D eigenvalue weighted by molar-refractivity contribution is -0.110. The number of nitrogens with one attached hydrogen (secondary N) is 1. The van der Waals surface area contributed by atoms with Gasteiger partial charge in [-0.05, 0) is 37.8 Å². The van der Waals surface area contributed by atoms with Crippen molar-refractivity contribution in [2.24, 2.45) is 5.16 Å². The number of carbonyl (C=O) groups is 1. The molecule has 8 nitrogen and oxygen atoms in total. The molecule has 11 heteroatoms. The third-order valence-electron chi connectivity index (χ3n) is 4.98. The summed E-state index contributed by atoms with van der Waals surface area (Å²) < 4.78 is 38.0. The van der Waals surface area contributed by atoms with Gasteiger partial charge in [0.15, 0.2) is 25.8 Å². The van der Waals surface area contributed by atoms with Crippen LogP contribution < -0.4 is 5.32 Å². The maximum Gasteiger partial charge on any atom is 0.280 e. The number of nitrogens with zero attached hydrogens (tertiary/aromatic N) is 2. The Hall–Kier alpha value is -2.37. The van der Waals surface area contributed by atoms with Gasteiger partial charge in [0.2, 0.25) is 0 Å². The summed E-state index contributed by atoms with van der Waals surface area (Å²) in [7, 11) is -3.36. The van der Waals surface area contributed by atoms with Crippen LogP contribution in [0.15, 0.2) is 40.5 Å². The molecule has 0 bridgehead atoms. The summed E-state index contributed by atoms with van der Waals surface area (Å²) in [6.45, 7) is 0. The lowest BCUT2D eigenvalue weighted by Gasteiger charge is -2.11. The third-order valence-corrected chi connectivity index (χ3v) is 7.96. The smallest absolute Gasteiger partial charge is 0.280 e. The lowest BCUT2D eigenvalue weighted by atomic mass is 10.1. The zero-order valence-electron chi connectivity index (χ0n) is 15.8. The largest absolute Gasteiger partial charge is 0.393 e. The Morgan fingerprint density at radius 1 is 1.23 bits per heavy atom. The molecule has 2 N–H and O–H groups in total. The lowest BCUT2D eigenvalue weighted by Crippen LogP contribution is -2.25. The van der Waals surface area contributed by atoms with Gasteiger partial charge in [-0.1, -0.05) is 28.6 Å². The first-order chi connectivity index (χ1) is 14.3. The second-order valence-corrected chi connectivity index (χ2v) is 10.5. The van der Waals surface area contributed by atoms with E-state index in [0.717, 1.165) is 6.20 Å². The number of hydrogen-bond donors (Lipinski definition) is 2. The van der Waals surface area contributed by atoms with Gasteiger partial charge in [0.05, 0.1) is 22.4 Å². The fourth-order valence-corrected chi connectivity index (χ4v) is 5.40. The van der Waals surface area contributed by atoms with Crippen LogP contribution in [0, 0.1) is 5.13 Å². The Morgan fingerprint density at radius 3 is 2.53 bits per heavy atom. The van der Waals surface area contributed by atoms with E-state index in [1.807, 2.05) is 0 Å². The second kappa shape index (κ2) is 8.40. The van der Waals surface area contributed by atoms with Crippen molar-refractivity contribution in [3.63, 3.8) is 0 Å². The van der Waals surface area contributed by atoms with E-state index in [-0.39, 0.29) is 27.1 Å². The van der Waals surface area contributed by atoms with Gasteiger partial charge in [0.1, 0.15) is 6.10 Å². The highest BCUT2D eigenvalue weighted by atomic mass is 32.2. The molecule has 1 aromatic heterocycles. The van der Waals surface area contributed by atoms with Crippen molar-refractivity contribution in [2.75, 3.05) is 5.32 Å². The molecule has 1 amide bonds. The highest BCUT2D eigenvalue weighted by Gasteiger charge is 2.36. The molecule has 2 atom stereocenters. The molecule has 1 aromatic carbocycles. The molecular weight excluding hydrogens is 433 g/mol. The molecule has 0 spiro atoms. The van der Waals surface area contributed by atoms with Gasteiger partial charge in [-0.3, -0.25) is 10.1 Å². The number of halogens is 1. The highest BCUT2D eigenvalue weighted by Crippen LogP contribution is 2.33. The van der Waals surface area contributed by atoms with Crippen LogP contribution >= 0.6 is 11.3 Å². The molecule has 0 aliphatic heterocycles. The van der Waals surface area contributed by atoms with Crippen LogP contribution in [0.1, 0.15) is 37.7 Å². The van der Waals surface area contributed by atoms with Crippen molar-refractivity contribution < 1.29 is 27.5 Å². The minimum absolute atomic E-state index is 0.0643. The number of rotatable bonds is 7.